The summed E-state index contributed by atoms with van der Waals surface area (Å²) in [6, 6.07) is 9.96. The summed E-state index contributed by atoms with van der Waals surface area (Å²) in [7, 11) is 0. The van der Waals surface area contributed by atoms with Crippen molar-refractivity contribution in [1.29, 1.82) is 0 Å². The molecule has 2 rings (SSSR count). The topological polar surface area (TPSA) is 38.7 Å². The van der Waals surface area contributed by atoms with Crippen LogP contribution < -0.4 is 0 Å². The molecule has 0 saturated carbocycles. The number of hydrogen-bond donors (Lipinski definition) is 1. The van der Waals surface area contributed by atoms with Gasteiger partial charge in [0.15, 0.2) is 5.79 Å². The summed E-state index contributed by atoms with van der Waals surface area (Å²) in [4.78, 5) is 0. The lowest BCUT2D eigenvalue weighted by Gasteiger charge is -2.41. The smallest absolute Gasteiger partial charge is 0.192 e. The zero-order valence-electron chi connectivity index (χ0n) is 11.1. The Hall–Kier alpha value is -0.900. The first-order valence-electron chi connectivity index (χ1n) is 6.60. The third-order valence-corrected chi connectivity index (χ3v) is 3.91. The van der Waals surface area contributed by atoms with Gasteiger partial charge in [-0.05, 0) is 17.9 Å². The molecule has 3 atom stereocenters. The predicted octanol–water partition coefficient (Wildman–Crippen LogP) is 2.58. The van der Waals surface area contributed by atoms with E-state index in [1.165, 1.54) is 0 Å². The molecule has 1 unspecified atom stereocenters. The second-order valence-corrected chi connectivity index (χ2v) is 5.23. The van der Waals surface area contributed by atoms with Crippen LogP contribution in [0.2, 0.25) is 0 Å². The Morgan fingerprint density at radius 1 is 1.33 bits per heavy atom. The number of aliphatic hydroxyl groups is 1. The Labute approximate surface area is 109 Å². The standard InChI is InChI=1S/C15H22O3/c1-12-8-9-18-15(16,13(12)2)11-17-10-14-6-4-3-5-7-14/h3-7,12-13,16H,8-11H2,1-2H3/t12-,13+,15?/m1/s1. The molecule has 0 spiro atoms. The van der Waals surface area contributed by atoms with Crippen molar-refractivity contribution in [1.82, 2.24) is 0 Å². The molecule has 1 aliphatic rings. The van der Waals surface area contributed by atoms with Crippen LogP contribution in [0.15, 0.2) is 30.3 Å². The van der Waals surface area contributed by atoms with E-state index in [0.717, 1.165) is 12.0 Å². The van der Waals surface area contributed by atoms with Gasteiger partial charge in [-0.1, -0.05) is 44.2 Å². The molecule has 1 fully saturated rings. The summed E-state index contributed by atoms with van der Waals surface area (Å²) >= 11 is 0. The molecule has 0 amide bonds. The van der Waals surface area contributed by atoms with Gasteiger partial charge in [-0.2, -0.15) is 0 Å². The molecule has 1 aromatic rings. The maximum absolute atomic E-state index is 10.4. The molecular weight excluding hydrogens is 228 g/mol. The van der Waals surface area contributed by atoms with Crippen LogP contribution in [-0.2, 0) is 16.1 Å². The average Bonchev–Trinajstić information content (AvgIpc) is 2.37. The van der Waals surface area contributed by atoms with Gasteiger partial charge in [-0.25, -0.2) is 0 Å². The Morgan fingerprint density at radius 3 is 2.78 bits per heavy atom. The zero-order chi connectivity index (χ0) is 13.0. The van der Waals surface area contributed by atoms with E-state index in [-0.39, 0.29) is 12.5 Å². The van der Waals surface area contributed by atoms with E-state index in [9.17, 15) is 5.11 Å². The Balaban J connectivity index is 1.85. The van der Waals surface area contributed by atoms with Crippen LogP contribution in [-0.4, -0.2) is 24.1 Å². The molecule has 3 nitrogen and oxygen atoms in total. The van der Waals surface area contributed by atoms with Crippen molar-refractivity contribution >= 4 is 0 Å². The molecule has 1 saturated heterocycles. The molecule has 0 aliphatic carbocycles. The molecule has 1 heterocycles. The Kier molecular flexibility index (Phi) is 4.38. The molecule has 0 bridgehead atoms. The third kappa shape index (κ3) is 3.10. The summed E-state index contributed by atoms with van der Waals surface area (Å²) in [6.45, 7) is 5.52. The fraction of sp³-hybridized carbons (Fsp3) is 0.600. The highest BCUT2D eigenvalue weighted by Crippen LogP contribution is 2.33. The molecule has 1 N–H and O–H groups in total. The molecule has 1 aromatic carbocycles. The lowest BCUT2D eigenvalue weighted by molar-refractivity contribution is -0.288. The van der Waals surface area contributed by atoms with E-state index in [2.05, 4.69) is 6.92 Å². The summed E-state index contributed by atoms with van der Waals surface area (Å²) in [5, 5.41) is 10.4. The summed E-state index contributed by atoms with van der Waals surface area (Å²) in [6.07, 6.45) is 1.00. The van der Waals surface area contributed by atoms with Gasteiger partial charge in [-0.3, -0.25) is 0 Å². The van der Waals surface area contributed by atoms with Gasteiger partial charge in [0.1, 0.15) is 6.61 Å². The maximum atomic E-state index is 10.4. The average molecular weight is 250 g/mol. The van der Waals surface area contributed by atoms with Crippen LogP contribution in [0.1, 0.15) is 25.8 Å². The third-order valence-electron chi connectivity index (χ3n) is 3.91. The molecule has 0 radical (unpaired) electrons. The molecule has 0 aromatic heterocycles. The minimum atomic E-state index is -1.13. The van der Waals surface area contributed by atoms with Crippen LogP contribution in [0.5, 0.6) is 0 Å². The van der Waals surface area contributed by atoms with Crippen LogP contribution in [0, 0.1) is 11.8 Å². The van der Waals surface area contributed by atoms with E-state index < -0.39 is 5.79 Å². The Morgan fingerprint density at radius 2 is 2.06 bits per heavy atom. The number of hydrogen-bond acceptors (Lipinski definition) is 3. The second kappa shape index (κ2) is 5.83. The fourth-order valence-electron chi connectivity index (χ4n) is 2.31. The Bertz CT molecular complexity index is 365. The minimum Gasteiger partial charge on any atom is -0.371 e. The first-order valence-corrected chi connectivity index (χ1v) is 6.60. The normalized spacial score (nSPS) is 32.4. The second-order valence-electron chi connectivity index (χ2n) is 5.23. The van der Waals surface area contributed by atoms with Gasteiger partial charge in [-0.15, -0.1) is 0 Å². The highest BCUT2D eigenvalue weighted by Gasteiger charge is 2.41. The van der Waals surface area contributed by atoms with Crippen molar-refractivity contribution in [2.45, 2.75) is 32.7 Å². The minimum absolute atomic E-state index is 0.0991. The van der Waals surface area contributed by atoms with E-state index in [1.807, 2.05) is 37.3 Å². The van der Waals surface area contributed by atoms with Crippen LogP contribution in [0.25, 0.3) is 0 Å². The largest absolute Gasteiger partial charge is 0.371 e. The lowest BCUT2D eigenvalue weighted by Crippen LogP contribution is -2.50. The van der Waals surface area contributed by atoms with Gasteiger partial charge in [0.05, 0.1) is 13.2 Å². The SMILES string of the molecule is C[C@@H]1CCOC(O)(COCc2ccccc2)[C@H]1C. The monoisotopic (exact) mass is 250 g/mol. The molecule has 3 heteroatoms. The van der Waals surface area contributed by atoms with Gasteiger partial charge in [0.2, 0.25) is 0 Å². The lowest BCUT2D eigenvalue weighted by atomic mass is 9.84. The number of benzene rings is 1. The van der Waals surface area contributed by atoms with Crippen LogP contribution in [0.3, 0.4) is 0 Å². The van der Waals surface area contributed by atoms with Crippen LogP contribution >= 0.6 is 0 Å². The maximum Gasteiger partial charge on any atom is 0.192 e. The van der Waals surface area contributed by atoms with E-state index >= 15 is 0 Å². The van der Waals surface area contributed by atoms with Gasteiger partial charge in [0, 0.05) is 5.92 Å². The highest BCUT2D eigenvalue weighted by atomic mass is 16.6. The number of ether oxygens (including phenoxy) is 2. The van der Waals surface area contributed by atoms with Crippen molar-refractivity contribution in [3.8, 4) is 0 Å². The predicted molar refractivity (Wildman–Crippen MR) is 69.9 cm³/mol. The van der Waals surface area contributed by atoms with E-state index in [4.69, 9.17) is 9.47 Å². The fourth-order valence-corrected chi connectivity index (χ4v) is 2.31. The first kappa shape index (κ1) is 13.5. The molecule has 1 aliphatic heterocycles. The summed E-state index contributed by atoms with van der Waals surface area (Å²) in [5.41, 5.74) is 1.11. The zero-order valence-corrected chi connectivity index (χ0v) is 11.1. The van der Waals surface area contributed by atoms with Crippen molar-refractivity contribution in [3.05, 3.63) is 35.9 Å². The van der Waals surface area contributed by atoms with Crippen molar-refractivity contribution in [2.75, 3.05) is 13.2 Å². The highest BCUT2D eigenvalue weighted by molar-refractivity contribution is 5.13. The molecular formula is C15H22O3. The first-order chi connectivity index (χ1) is 8.62. The summed E-state index contributed by atoms with van der Waals surface area (Å²) in [5.74, 6) is -0.571. The molecule has 100 valence electrons. The van der Waals surface area contributed by atoms with E-state index in [1.54, 1.807) is 0 Å². The summed E-state index contributed by atoms with van der Waals surface area (Å²) < 4.78 is 11.1. The van der Waals surface area contributed by atoms with Crippen molar-refractivity contribution < 1.29 is 14.6 Å². The quantitative estimate of drug-likeness (QED) is 0.892. The number of rotatable bonds is 4. The van der Waals surface area contributed by atoms with Crippen LogP contribution in [0.4, 0.5) is 0 Å². The van der Waals surface area contributed by atoms with E-state index in [0.29, 0.717) is 19.1 Å². The van der Waals surface area contributed by atoms with Gasteiger partial charge >= 0.3 is 0 Å². The van der Waals surface area contributed by atoms with Gasteiger partial charge < -0.3 is 14.6 Å². The van der Waals surface area contributed by atoms with Gasteiger partial charge in [0.25, 0.3) is 0 Å². The van der Waals surface area contributed by atoms with Crippen molar-refractivity contribution in [3.63, 3.8) is 0 Å². The molecule has 18 heavy (non-hydrogen) atoms. The van der Waals surface area contributed by atoms with Crippen molar-refractivity contribution in [2.24, 2.45) is 11.8 Å².